The third-order valence-corrected chi connectivity index (χ3v) is 4.99. The van der Waals surface area contributed by atoms with Crippen molar-refractivity contribution in [2.24, 2.45) is 0 Å². The second-order valence-electron chi connectivity index (χ2n) is 5.53. The molecule has 0 aromatic carbocycles. The molecule has 0 bridgehead atoms. The summed E-state index contributed by atoms with van der Waals surface area (Å²) in [5, 5.41) is 21.2. The molecule has 118 valence electrons. The summed E-state index contributed by atoms with van der Waals surface area (Å²) in [5.74, 6) is -1.41. The highest BCUT2D eigenvalue weighted by atomic mass is 32.1. The minimum absolute atomic E-state index is 0.105. The Bertz CT molecular complexity index is 647. The number of nitrogens with zero attached hydrogens (tertiary/aromatic N) is 1. The first-order valence-electron chi connectivity index (χ1n) is 7.08. The fourth-order valence-corrected chi connectivity index (χ4v) is 3.42. The van der Waals surface area contributed by atoms with Crippen LogP contribution in [0.25, 0.3) is 0 Å². The second kappa shape index (κ2) is 6.46. The van der Waals surface area contributed by atoms with E-state index in [-0.39, 0.29) is 18.4 Å². The molecule has 2 rings (SSSR count). The standard InChI is InChI=1S/C15H18N2O4S/c1-3-15(2)6-9-10(7-16)14(22-11(9)8-21-15)17-12(18)4-5-13(19)20/h3-6,8H2,1-2H3,(H,17,18)(H,19,20)/t15-/m0/s1. The van der Waals surface area contributed by atoms with E-state index in [1.54, 1.807) is 0 Å². The number of carbonyl (C=O) groups excluding carboxylic acids is 1. The van der Waals surface area contributed by atoms with Crippen LogP contribution in [0.5, 0.6) is 0 Å². The van der Waals surface area contributed by atoms with Gasteiger partial charge in [0.1, 0.15) is 11.1 Å². The number of thiophene rings is 1. The molecule has 1 atom stereocenters. The van der Waals surface area contributed by atoms with Crippen LogP contribution < -0.4 is 5.32 Å². The number of nitriles is 1. The molecule has 1 aliphatic rings. The van der Waals surface area contributed by atoms with Gasteiger partial charge in [0.2, 0.25) is 5.91 Å². The number of carbonyl (C=O) groups is 2. The number of rotatable bonds is 5. The molecule has 0 spiro atoms. The van der Waals surface area contributed by atoms with Crippen LogP contribution in [0.4, 0.5) is 5.00 Å². The predicted molar refractivity (Wildman–Crippen MR) is 81.7 cm³/mol. The summed E-state index contributed by atoms with van der Waals surface area (Å²) in [5.41, 5.74) is 1.13. The lowest BCUT2D eigenvalue weighted by atomic mass is 9.90. The number of hydrogen-bond donors (Lipinski definition) is 2. The van der Waals surface area contributed by atoms with Crippen molar-refractivity contribution in [2.75, 3.05) is 5.32 Å². The minimum atomic E-state index is -1.02. The van der Waals surface area contributed by atoms with Crippen molar-refractivity contribution in [3.05, 3.63) is 16.0 Å². The molecule has 1 amide bonds. The van der Waals surface area contributed by atoms with Crippen molar-refractivity contribution in [1.29, 1.82) is 5.26 Å². The van der Waals surface area contributed by atoms with E-state index in [1.807, 2.05) is 13.8 Å². The second-order valence-corrected chi connectivity index (χ2v) is 6.64. The Kier molecular flexibility index (Phi) is 4.84. The molecule has 22 heavy (non-hydrogen) atoms. The molecule has 1 aromatic rings. The number of nitrogens with one attached hydrogen (secondary N) is 1. The van der Waals surface area contributed by atoms with Crippen molar-refractivity contribution in [3.8, 4) is 6.07 Å². The van der Waals surface area contributed by atoms with Gasteiger partial charge in [-0.15, -0.1) is 11.3 Å². The molecule has 1 aromatic heterocycles. The Hall–Kier alpha value is -1.91. The number of fused-ring (bicyclic) bond motifs is 1. The van der Waals surface area contributed by atoms with Crippen molar-refractivity contribution in [3.63, 3.8) is 0 Å². The molecule has 0 fully saturated rings. The van der Waals surface area contributed by atoms with Crippen molar-refractivity contribution >= 4 is 28.2 Å². The van der Waals surface area contributed by atoms with Crippen LogP contribution in [0.2, 0.25) is 0 Å². The van der Waals surface area contributed by atoms with Crippen LogP contribution in [0, 0.1) is 11.3 Å². The third-order valence-electron chi connectivity index (χ3n) is 3.87. The lowest BCUT2D eigenvalue weighted by Crippen LogP contribution is -2.34. The smallest absolute Gasteiger partial charge is 0.303 e. The van der Waals surface area contributed by atoms with Gasteiger partial charge in [0.15, 0.2) is 0 Å². The van der Waals surface area contributed by atoms with Crippen molar-refractivity contribution < 1.29 is 19.4 Å². The Morgan fingerprint density at radius 3 is 2.82 bits per heavy atom. The van der Waals surface area contributed by atoms with E-state index in [2.05, 4.69) is 11.4 Å². The number of ether oxygens (including phenoxy) is 1. The van der Waals surface area contributed by atoms with E-state index >= 15 is 0 Å². The van der Waals surface area contributed by atoms with Gasteiger partial charge >= 0.3 is 5.97 Å². The maximum Gasteiger partial charge on any atom is 0.303 e. The molecule has 0 saturated heterocycles. The van der Waals surface area contributed by atoms with E-state index in [0.29, 0.717) is 23.6 Å². The Morgan fingerprint density at radius 2 is 2.23 bits per heavy atom. The van der Waals surface area contributed by atoms with E-state index < -0.39 is 11.9 Å². The van der Waals surface area contributed by atoms with Gasteiger partial charge in [-0.25, -0.2) is 0 Å². The number of amides is 1. The largest absolute Gasteiger partial charge is 0.481 e. The molecule has 0 radical (unpaired) electrons. The molecule has 1 aliphatic heterocycles. The monoisotopic (exact) mass is 322 g/mol. The van der Waals surface area contributed by atoms with E-state index in [4.69, 9.17) is 9.84 Å². The first-order chi connectivity index (χ1) is 10.4. The molecular formula is C15H18N2O4S. The fraction of sp³-hybridized carbons (Fsp3) is 0.533. The van der Waals surface area contributed by atoms with Gasteiger partial charge < -0.3 is 15.2 Å². The van der Waals surface area contributed by atoms with Gasteiger partial charge in [-0.05, 0) is 18.9 Å². The Morgan fingerprint density at radius 1 is 1.50 bits per heavy atom. The Balaban J connectivity index is 2.20. The quantitative estimate of drug-likeness (QED) is 0.868. The first kappa shape index (κ1) is 16.5. The molecular weight excluding hydrogens is 304 g/mol. The van der Waals surface area contributed by atoms with Crippen LogP contribution in [0.3, 0.4) is 0 Å². The maximum absolute atomic E-state index is 11.8. The summed E-state index contributed by atoms with van der Waals surface area (Å²) < 4.78 is 5.85. The predicted octanol–water partition coefficient (Wildman–Crippen LogP) is 2.66. The lowest BCUT2D eigenvalue weighted by molar-refractivity contribution is -0.138. The zero-order valence-corrected chi connectivity index (χ0v) is 13.4. The summed E-state index contributed by atoms with van der Waals surface area (Å²) in [6, 6.07) is 2.16. The van der Waals surface area contributed by atoms with Crippen molar-refractivity contribution in [1.82, 2.24) is 0 Å². The highest BCUT2D eigenvalue weighted by Gasteiger charge is 2.33. The van der Waals surface area contributed by atoms with Gasteiger partial charge in [0, 0.05) is 17.7 Å². The molecule has 2 N–H and O–H groups in total. The molecule has 0 unspecified atom stereocenters. The van der Waals surface area contributed by atoms with Crippen LogP contribution in [0.15, 0.2) is 0 Å². The molecule has 0 aliphatic carbocycles. The van der Waals surface area contributed by atoms with E-state index in [1.165, 1.54) is 11.3 Å². The summed E-state index contributed by atoms with van der Waals surface area (Å²) in [6.07, 6.45) is 1.15. The van der Waals surface area contributed by atoms with Crippen LogP contribution in [0.1, 0.15) is 49.1 Å². The van der Waals surface area contributed by atoms with Gasteiger partial charge in [-0.2, -0.15) is 5.26 Å². The number of hydrogen-bond acceptors (Lipinski definition) is 5. The summed E-state index contributed by atoms with van der Waals surface area (Å²) in [4.78, 5) is 23.2. The fourth-order valence-electron chi connectivity index (χ4n) is 2.32. The zero-order chi connectivity index (χ0) is 16.3. The highest BCUT2D eigenvalue weighted by molar-refractivity contribution is 7.16. The Labute approximate surface area is 132 Å². The number of aliphatic carboxylic acids is 1. The van der Waals surface area contributed by atoms with Gasteiger partial charge in [-0.3, -0.25) is 9.59 Å². The zero-order valence-electron chi connectivity index (χ0n) is 12.6. The van der Waals surface area contributed by atoms with E-state index in [0.717, 1.165) is 16.9 Å². The average molecular weight is 322 g/mol. The third kappa shape index (κ3) is 3.46. The van der Waals surface area contributed by atoms with Gasteiger partial charge in [-0.1, -0.05) is 6.92 Å². The van der Waals surface area contributed by atoms with Crippen LogP contribution in [-0.4, -0.2) is 22.6 Å². The molecule has 7 heteroatoms. The SMILES string of the molecule is CC[C@@]1(C)Cc2c(sc(NC(=O)CCC(=O)O)c2C#N)CO1. The number of carboxylic acid groups (broad SMARTS) is 1. The minimum Gasteiger partial charge on any atom is -0.481 e. The van der Waals surface area contributed by atoms with E-state index in [9.17, 15) is 14.9 Å². The van der Waals surface area contributed by atoms with Gasteiger partial charge in [0.25, 0.3) is 0 Å². The molecule has 2 heterocycles. The van der Waals surface area contributed by atoms with Crippen molar-refractivity contribution in [2.45, 2.75) is 51.7 Å². The molecule has 0 saturated carbocycles. The summed E-state index contributed by atoms with van der Waals surface area (Å²) >= 11 is 1.33. The topological polar surface area (TPSA) is 99.4 Å². The highest BCUT2D eigenvalue weighted by Crippen LogP contribution is 2.41. The first-order valence-corrected chi connectivity index (χ1v) is 7.90. The number of carboxylic acids is 1. The van der Waals surface area contributed by atoms with Gasteiger partial charge in [0.05, 0.1) is 24.2 Å². The normalized spacial score (nSPS) is 20.0. The summed E-state index contributed by atoms with van der Waals surface area (Å²) in [7, 11) is 0. The lowest BCUT2D eigenvalue weighted by Gasteiger charge is -2.32. The molecule has 6 nitrogen and oxygen atoms in total. The summed E-state index contributed by atoms with van der Waals surface area (Å²) in [6.45, 7) is 4.49. The van der Waals surface area contributed by atoms with Crippen LogP contribution in [-0.2, 0) is 27.4 Å². The van der Waals surface area contributed by atoms with Crippen LogP contribution >= 0.6 is 11.3 Å². The number of anilines is 1. The average Bonchev–Trinajstić information content (AvgIpc) is 2.81. The maximum atomic E-state index is 11.8.